The SMILES string of the molecule is CCN(CC)C(=O)CN1CCN(C(C)C(=O)Nc2oc(C)c(C)c2C#N)CC1. The van der Waals surface area contributed by atoms with Gasteiger partial charge in [0.05, 0.1) is 12.6 Å². The van der Waals surface area contributed by atoms with Crippen molar-refractivity contribution >= 4 is 17.7 Å². The maximum absolute atomic E-state index is 12.6. The number of rotatable bonds is 7. The molecule has 2 amide bonds. The zero-order valence-corrected chi connectivity index (χ0v) is 17.5. The van der Waals surface area contributed by atoms with E-state index < -0.39 is 0 Å². The van der Waals surface area contributed by atoms with E-state index in [-0.39, 0.29) is 23.7 Å². The highest BCUT2D eigenvalue weighted by Gasteiger charge is 2.28. The summed E-state index contributed by atoms with van der Waals surface area (Å²) in [5, 5.41) is 12.0. The molecule has 1 saturated heterocycles. The molecular weight excluding hydrogens is 358 g/mol. The van der Waals surface area contributed by atoms with Crippen LogP contribution in [0.15, 0.2) is 4.42 Å². The van der Waals surface area contributed by atoms with Gasteiger partial charge in [0, 0.05) is 44.8 Å². The molecule has 1 atom stereocenters. The Balaban J connectivity index is 1.89. The van der Waals surface area contributed by atoms with Crippen LogP contribution in [0, 0.1) is 25.2 Å². The lowest BCUT2D eigenvalue weighted by atomic mass is 10.1. The zero-order chi connectivity index (χ0) is 20.8. The molecule has 0 bridgehead atoms. The number of carbonyl (C=O) groups is 2. The molecule has 1 aromatic heterocycles. The van der Waals surface area contributed by atoms with E-state index in [9.17, 15) is 14.9 Å². The highest BCUT2D eigenvalue weighted by atomic mass is 16.4. The number of nitrogens with zero attached hydrogens (tertiary/aromatic N) is 4. The molecule has 1 aliphatic rings. The second kappa shape index (κ2) is 9.71. The van der Waals surface area contributed by atoms with Gasteiger partial charge in [-0.15, -0.1) is 0 Å². The monoisotopic (exact) mass is 389 g/mol. The van der Waals surface area contributed by atoms with E-state index >= 15 is 0 Å². The molecule has 8 nitrogen and oxygen atoms in total. The number of hydrogen-bond acceptors (Lipinski definition) is 6. The predicted molar refractivity (Wildman–Crippen MR) is 107 cm³/mol. The molecule has 2 rings (SSSR count). The maximum atomic E-state index is 12.6. The molecule has 154 valence electrons. The summed E-state index contributed by atoms with van der Waals surface area (Å²) < 4.78 is 5.53. The fourth-order valence-corrected chi connectivity index (χ4v) is 3.41. The fraction of sp³-hybridized carbons (Fsp3) is 0.650. The Hall–Kier alpha value is -2.37. The van der Waals surface area contributed by atoms with Crippen molar-refractivity contribution in [3.8, 4) is 6.07 Å². The minimum atomic E-state index is -0.349. The molecule has 0 aliphatic carbocycles. The summed E-state index contributed by atoms with van der Waals surface area (Å²) in [4.78, 5) is 30.9. The van der Waals surface area contributed by atoms with Gasteiger partial charge in [0.1, 0.15) is 17.4 Å². The summed E-state index contributed by atoms with van der Waals surface area (Å²) in [7, 11) is 0. The van der Waals surface area contributed by atoms with Crippen molar-refractivity contribution in [2.24, 2.45) is 0 Å². The summed E-state index contributed by atoms with van der Waals surface area (Å²) >= 11 is 0. The standard InChI is InChI=1S/C20H31N5O3/c1-6-24(7-2)18(26)13-23-8-10-25(11-9-23)15(4)19(27)22-20-17(12-21)14(3)16(5)28-20/h15H,6-11,13H2,1-5H3,(H,22,27). The number of likely N-dealkylation sites (N-methyl/N-ethyl adjacent to an activating group) is 1. The molecule has 1 aliphatic heterocycles. The summed E-state index contributed by atoms with van der Waals surface area (Å²) in [5.41, 5.74) is 1.12. The van der Waals surface area contributed by atoms with Crippen LogP contribution in [-0.2, 0) is 9.59 Å². The van der Waals surface area contributed by atoms with E-state index in [1.54, 1.807) is 13.8 Å². The van der Waals surface area contributed by atoms with Gasteiger partial charge in [-0.25, -0.2) is 0 Å². The second-order valence-electron chi connectivity index (χ2n) is 7.14. The van der Waals surface area contributed by atoms with E-state index in [0.29, 0.717) is 31.0 Å². The topological polar surface area (TPSA) is 92.8 Å². The molecule has 28 heavy (non-hydrogen) atoms. The Labute approximate surface area is 167 Å². The third-order valence-corrected chi connectivity index (χ3v) is 5.54. The first-order valence-electron chi connectivity index (χ1n) is 9.87. The molecule has 0 aromatic carbocycles. The molecular formula is C20H31N5O3. The van der Waals surface area contributed by atoms with Gasteiger partial charge in [0.15, 0.2) is 0 Å². The third-order valence-electron chi connectivity index (χ3n) is 5.54. The fourth-order valence-electron chi connectivity index (χ4n) is 3.41. The number of carbonyl (C=O) groups excluding carboxylic acids is 2. The van der Waals surface area contributed by atoms with Crippen LogP contribution in [0.25, 0.3) is 0 Å². The van der Waals surface area contributed by atoms with Gasteiger partial charge < -0.3 is 9.32 Å². The largest absolute Gasteiger partial charge is 0.444 e. The van der Waals surface area contributed by atoms with Gasteiger partial charge in [0.2, 0.25) is 17.7 Å². The predicted octanol–water partition coefficient (Wildman–Crippen LogP) is 1.58. The van der Waals surface area contributed by atoms with Gasteiger partial charge in [-0.2, -0.15) is 5.26 Å². The Morgan fingerprint density at radius 2 is 1.82 bits per heavy atom. The minimum Gasteiger partial charge on any atom is -0.444 e. The molecule has 1 fully saturated rings. The van der Waals surface area contributed by atoms with E-state index in [4.69, 9.17) is 4.42 Å². The maximum Gasteiger partial charge on any atom is 0.243 e. The quantitative estimate of drug-likeness (QED) is 0.761. The Morgan fingerprint density at radius 1 is 1.21 bits per heavy atom. The first kappa shape index (κ1) is 21.9. The highest BCUT2D eigenvalue weighted by molar-refractivity contribution is 5.94. The third kappa shape index (κ3) is 4.91. The number of anilines is 1. The lowest BCUT2D eigenvalue weighted by Crippen LogP contribution is -2.54. The van der Waals surface area contributed by atoms with Crippen molar-refractivity contribution in [2.75, 3.05) is 51.1 Å². The van der Waals surface area contributed by atoms with Crippen molar-refractivity contribution in [1.82, 2.24) is 14.7 Å². The summed E-state index contributed by atoms with van der Waals surface area (Å²) in [6.45, 7) is 14.2. The minimum absolute atomic E-state index is 0.150. The Kier molecular flexibility index (Phi) is 7.61. The van der Waals surface area contributed by atoms with Crippen molar-refractivity contribution in [3.63, 3.8) is 0 Å². The van der Waals surface area contributed by atoms with E-state index in [1.807, 2.05) is 25.7 Å². The molecule has 1 unspecified atom stereocenters. The van der Waals surface area contributed by atoms with Gasteiger partial charge >= 0.3 is 0 Å². The van der Waals surface area contributed by atoms with Crippen LogP contribution in [0.2, 0.25) is 0 Å². The molecule has 2 heterocycles. The van der Waals surface area contributed by atoms with Crippen LogP contribution in [0.5, 0.6) is 0 Å². The average Bonchev–Trinajstić information content (AvgIpc) is 2.95. The molecule has 1 aromatic rings. The van der Waals surface area contributed by atoms with E-state index in [1.165, 1.54) is 0 Å². The highest BCUT2D eigenvalue weighted by Crippen LogP contribution is 2.25. The molecule has 0 radical (unpaired) electrons. The molecule has 8 heteroatoms. The second-order valence-corrected chi connectivity index (χ2v) is 7.14. The average molecular weight is 390 g/mol. The van der Waals surface area contributed by atoms with Crippen molar-refractivity contribution < 1.29 is 14.0 Å². The first-order valence-corrected chi connectivity index (χ1v) is 9.87. The van der Waals surface area contributed by atoms with Crippen molar-refractivity contribution in [2.45, 2.75) is 40.7 Å². The lowest BCUT2D eigenvalue weighted by Gasteiger charge is -2.37. The van der Waals surface area contributed by atoms with Crippen molar-refractivity contribution in [1.29, 1.82) is 5.26 Å². The smallest absolute Gasteiger partial charge is 0.243 e. The van der Waals surface area contributed by atoms with E-state index in [2.05, 4.69) is 21.2 Å². The van der Waals surface area contributed by atoms with Crippen LogP contribution in [-0.4, -0.2) is 78.4 Å². The molecule has 1 N–H and O–H groups in total. The van der Waals surface area contributed by atoms with Crippen molar-refractivity contribution in [3.05, 3.63) is 16.9 Å². The zero-order valence-electron chi connectivity index (χ0n) is 17.5. The van der Waals surface area contributed by atoms with Crippen LogP contribution in [0.4, 0.5) is 5.88 Å². The number of furan rings is 1. The number of amides is 2. The Bertz CT molecular complexity index is 740. The number of aryl methyl sites for hydroxylation is 1. The summed E-state index contributed by atoms with van der Waals surface area (Å²) in [5.74, 6) is 0.804. The lowest BCUT2D eigenvalue weighted by molar-refractivity contribution is -0.133. The first-order chi connectivity index (χ1) is 13.3. The summed E-state index contributed by atoms with van der Waals surface area (Å²) in [6.07, 6.45) is 0. The number of nitrogens with one attached hydrogen (secondary N) is 1. The van der Waals surface area contributed by atoms with Crippen LogP contribution >= 0.6 is 0 Å². The summed E-state index contributed by atoms with van der Waals surface area (Å²) in [6, 6.07) is 1.74. The van der Waals surface area contributed by atoms with Crippen LogP contribution in [0.3, 0.4) is 0 Å². The van der Waals surface area contributed by atoms with E-state index in [0.717, 1.165) is 31.7 Å². The van der Waals surface area contributed by atoms with Gasteiger partial charge in [-0.1, -0.05) is 0 Å². The molecule has 0 saturated carbocycles. The van der Waals surface area contributed by atoms with Crippen LogP contribution < -0.4 is 5.32 Å². The van der Waals surface area contributed by atoms with Gasteiger partial charge in [-0.05, 0) is 34.6 Å². The number of hydrogen-bond donors (Lipinski definition) is 1. The van der Waals surface area contributed by atoms with Gasteiger partial charge in [0.25, 0.3) is 0 Å². The Morgan fingerprint density at radius 3 is 2.36 bits per heavy atom. The molecule has 0 spiro atoms. The number of piperazine rings is 1. The number of nitriles is 1. The van der Waals surface area contributed by atoms with Gasteiger partial charge in [-0.3, -0.25) is 24.7 Å². The van der Waals surface area contributed by atoms with Crippen LogP contribution in [0.1, 0.15) is 37.7 Å². The normalized spacial score (nSPS) is 16.4.